The first-order valence-electron chi connectivity index (χ1n) is 15.0. The maximum Gasteiger partial charge on any atom is 0.255 e. The van der Waals surface area contributed by atoms with Gasteiger partial charge < -0.3 is 25.7 Å². The number of carbonyl (C=O) groups is 2. The van der Waals surface area contributed by atoms with Crippen LogP contribution in [0.4, 0.5) is 0 Å². The molecule has 234 valence electrons. The number of carbonyl (C=O) groups excluding carboxylic acids is 2. The number of benzene rings is 4. The van der Waals surface area contributed by atoms with Crippen LogP contribution in [0.5, 0.6) is 5.75 Å². The number of aromatic nitrogens is 2. The van der Waals surface area contributed by atoms with E-state index in [1.165, 1.54) is 0 Å². The van der Waals surface area contributed by atoms with E-state index in [-0.39, 0.29) is 12.5 Å². The molecule has 2 atom stereocenters. The number of imidazole rings is 1. The molecule has 1 aliphatic heterocycles. The molecular formula is C36H33Cl2N5O3. The average Bonchev–Trinajstić information content (AvgIpc) is 3.51. The number of ether oxygens (including phenoxy) is 1. The third-order valence-corrected chi connectivity index (χ3v) is 8.64. The van der Waals surface area contributed by atoms with Crippen molar-refractivity contribution >= 4 is 35.0 Å². The Morgan fingerprint density at radius 2 is 1.57 bits per heavy atom. The fourth-order valence-electron chi connectivity index (χ4n) is 5.64. The molecule has 6 rings (SSSR count). The minimum atomic E-state index is -0.893. The summed E-state index contributed by atoms with van der Waals surface area (Å²) in [5, 5.41) is 7.74. The number of amides is 2. The van der Waals surface area contributed by atoms with Crippen LogP contribution in [0.25, 0.3) is 11.1 Å². The summed E-state index contributed by atoms with van der Waals surface area (Å²) in [7, 11) is 0. The van der Waals surface area contributed by atoms with E-state index in [1.54, 1.807) is 30.3 Å². The molecule has 0 saturated heterocycles. The number of fused-ring (bicyclic) bond motifs is 1. The lowest BCUT2D eigenvalue weighted by Gasteiger charge is -2.28. The molecule has 2 amide bonds. The summed E-state index contributed by atoms with van der Waals surface area (Å²) < 4.78 is 8.13. The van der Waals surface area contributed by atoms with Crippen molar-refractivity contribution in [2.75, 3.05) is 6.61 Å². The van der Waals surface area contributed by atoms with Crippen molar-refractivity contribution in [2.45, 2.75) is 38.0 Å². The van der Waals surface area contributed by atoms with Gasteiger partial charge in [-0.2, -0.15) is 0 Å². The summed E-state index contributed by atoms with van der Waals surface area (Å²) >= 11 is 12.0. The van der Waals surface area contributed by atoms with Gasteiger partial charge >= 0.3 is 0 Å². The molecule has 4 N–H and O–H groups in total. The van der Waals surface area contributed by atoms with E-state index >= 15 is 0 Å². The summed E-state index contributed by atoms with van der Waals surface area (Å²) in [6, 6.07) is 27.9. The monoisotopic (exact) mass is 653 g/mol. The van der Waals surface area contributed by atoms with E-state index in [2.05, 4.69) is 44.5 Å². The summed E-state index contributed by atoms with van der Waals surface area (Å²) in [4.78, 5) is 30.0. The Hall–Kier alpha value is -4.63. The Morgan fingerprint density at radius 1 is 0.913 bits per heavy atom. The Balaban J connectivity index is 1.11. The standard InChI is InChI=1S/C36H33Cl2N5O3/c37-27-12-6-23(7-13-27)18-33(35(39)44)42-36(45)31-3-1-2-30-32(16-17-46-34(30)31)41-20-29-19-40-22-43(29)21-24-4-8-25(9-5-24)26-10-14-28(38)15-11-26/h1-15,19,22,32-33,41H,16-18,20-21H2,(H2,39,44)(H,42,45). The molecule has 8 nitrogen and oxygen atoms in total. The zero-order chi connectivity index (χ0) is 32.0. The molecular weight excluding hydrogens is 621 g/mol. The number of hydrogen-bond donors (Lipinski definition) is 3. The number of rotatable bonds is 11. The topological polar surface area (TPSA) is 111 Å². The normalized spacial score (nSPS) is 14.6. The highest BCUT2D eigenvalue weighted by atomic mass is 35.5. The molecule has 46 heavy (non-hydrogen) atoms. The van der Waals surface area contributed by atoms with Gasteiger partial charge in [0.1, 0.15) is 11.8 Å². The van der Waals surface area contributed by atoms with Crippen molar-refractivity contribution in [3.8, 4) is 16.9 Å². The molecule has 10 heteroatoms. The van der Waals surface area contributed by atoms with Gasteiger partial charge in [-0.05, 0) is 52.6 Å². The zero-order valence-corrected chi connectivity index (χ0v) is 26.5. The first kappa shape index (κ1) is 31.4. The van der Waals surface area contributed by atoms with Crippen LogP contribution in [0.3, 0.4) is 0 Å². The van der Waals surface area contributed by atoms with Gasteiger partial charge in [-0.1, -0.05) is 83.9 Å². The van der Waals surface area contributed by atoms with Gasteiger partial charge in [0, 0.05) is 53.8 Å². The van der Waals surface area contributed by atoms with Crippen molar-refractivity contribution in [1.82, 2.24) is 20.2 Å². The van der Waals surface area contributed by atoms with Crippen LogP contribution >= 0.6 is 23.2 Å². The average molecular weight is 655 g/mol. The summed E-state index contributed by atoms with van der Waals surface area (Å²) in [6.45, 7) is 1.70. The zero-order valence-electron chi connectivity index (χ0n) is 25.0. The van der Waals surface area contributed by atoms with Crippen LogP contribution in [0.15, 0.2) is 104 Å². The van der Waals surface area contributed by atoms with E-state index in [9.17, 15) is 9.59 Å². The second-order valence-electron chi connectivity index (χ2n) is 11.3. The molecule has 0 bridgehead atoms. The molecule has 0 spiro atoms. The lowest BCUT2D eigenvalue weighted by atomic mass is 9.96. The van der Waals surface area contributed by atoms with E-state index in [0.717, 1.165) is 45.0 Å². The Labute approximate surface area is 277 Å². The van der Waals surface area contributed by atoms with Crippen LogP contribution in [0.1, 0.15) is 45.2 Å². The van der Waals surface area contributed by atoms with E-state index < -0.39 is 17.9 Å². The molecule has 4 aromatic carbocycles. The molecule has 1 aliphatic rings. The minimum Gasteiger partial charge on any atom is -0.492 e. The molecule has 0 fully saturated rings. The summed E-state index contributed by atoms with van der Waals surface area (Å²) in [6.07, 6.45) is 4.69. The number of nitrogens with zero attached hydrogens (tertiary/aromatic N) is 2. The van der Waals surface area contributed by atoms with Gasteiger partial charge in [-0.25, -0.2) is 4.98 Å². The number of para-hydroxylation sites is 1. The lowest BCUT2D eigenvalue weighted by Crippen LogP contribution is -2.46. The van der Waals surface area contributed by atoms with Crippen LogP contribution in [-0.2, 0) is 24.3 Å². The van der Waals surface area contributed by atoms with Crippen LogP contribution in [-0.4, -0.2) is 34.0 Å². The van der Waals surface area contributed by atoms with Crippen molar-refractivity contribution < 1.29 is 14.3 Å². The SMILES string of the molecule is NC(=O)C(Cc1ccc(Cl)cc1)NC(=O)c1cccc2c1OCCC2NCc1cncn1Cc1ccc(-c2ccc(Cl)cc2)cc1. The molecule has 2 unspecified atom stereocenters. The molecule has 1 aromatic heterocycles. The van der Waals surface area contributed by atoms with Crippen molar-refractivity contribution in [1.29, 1.82) is 0 Å². The fraction of sp³-hybridized carbons (Fsp3) is 0.194. The number of halogens is 2. The Morgan fingerprint density at radius 3 is 2.26 bits per heavy atom. The quantitative estimate of drug-likeness (QED) is 0.154. The first-order chi connectivity index (χ1) is 22.3. The van der Waals surface area contributed by atoms with E-state index in [1.807, 2.05) is 48.9 Å². The number of nitrogens with one attached hydrogen (secondary N) is 2. The molecule has 0 aliphatic carbocycles. The van der Waals surface area contributed by atoms with Crippen LogP contribution < -0.4 is 21.1 Å². The Bertz CT molecular complexity index is 1820. The lowest BCUT2D eigenvalue weighted by molar-refractivity contribution is -0.119. The highest BCUT2D eigenvalue weighted by Gasteiger charge is 2.28. The van der Waals surface area contributed by atoms with Gasteiger partial charge in [0.2, 0.25) is 5.91 Å². The third kappa shape index (κ3) is 7.42. The maximum absolute atomic E-state index is 13.4. The molecule has 0 saturated carbocycles. The smallest absolute Gasteiger partial charge is 0.255 e. The number of nitrogens with two attached hydrogens (primary N) is 1. The molecule has 2 heterocycles. The molecule has 0 radical (unpaired) electrons. The number of primary amides is 1. The van der Waals surface area contributed by atoms with Crippen LogP contribution in [0, 0.1) is 0 Å². The second kappa shape index (κ2) is 14.2. The maximum atomic E-state index is 13.4. The summed E-state index contributed by atoms with van der Waals surface area (Å²) in [5.41, 5.74) is 12.2. The van der Waals surface area contributed by atoms with Crippen molar-refractivity contribution in [2.24, 2.45) is 5.73 Å². The largest absolute Gasteiger partial charge is 0.492 e. The summed E-state index contributed by atoms with van der Waals surface area (Å²) in [5.74, 6) is -0.536. The number of hydrogen-bond acceptors (Lipinski definition) is 5. The second-order valence-corrected chi connectivity index (χ2v) is 12.1. The fourth-order valence-corrected chi connectivity index (χ4v) is 5.89. The molecule has 5 aromatic rings. The first-order valence-corrected chi connectivity index (χ1v) is 15.8. The van der Waals surface area contributed by atoms with Gasteiger partial charge in [0.05, 0.1) is 24.2 Å². The highest BCUT2D eigenvalue weighted by Crippen LogP contribution is 2.35. The van der Waals surface area contributed by atoms with Crippen LogP contribution in [0.2, 0.25) is 10.0 Å². The van der Waals surface area contributed by atoms with Gasteiger partial charge in [-0.3, -0.25) is 9.59 Å². The predicted octanol–water partition coefficient (Wildman–Crippen LogP) is 6.35. The van der Waals surface area contributed by atoms with E-state index in [4.69, 9.17) is 33.7 Å². The predicted molar refractivity (Wildman–Crippen MR) is 180 cm³/mol. The van der Waals surface area contributed by atoms with Gasteiger partial charge in [0.25, 0.3) is 5.91 Å². The van der Waals surface area contributed by atoms with Crippen molar-refractivity contribution in [3.05, 3.63) is 142 Å². The Kier molecular flexibility index (Phi) is 9.68. The highest BCUT2D eigenvalue weighted by molar-refractivity contribution is 6.30. The van der Waals surface area contributed by atoms with E-state index in [0.29, 0.717) is 36.0 Å². The van der Waals surface area contributed by atoms with Gasteiger partial charge in [0.15, 0.2) is 0 Å². The van der Waals surface area contributed by atoms with Crippen molar-refractivity contribution in [3.63, 3.8) is 0 Å². The van der Waals surface area contributed by atoms with Gasteiger partial charge in [-0.15, -0.1) is 0 Å². The minimum absolute atomic E-state index is 0.0421. The third-order valence-electron chi connectivity index (χ3n) is 8.13.